The minimum Gasteiger partial charge on any atom is -0.379 e. The number of aromatic amines is 1. The minimum atomic E-state index is -0.199. The molecule has 4 rings (SSSR count). The Balaban J connectivity index is 1.40. The first-order valence-electron chi connectivity index (χ1n) is 10.3. The standard InChI is InChI=1S/C21H28N4O3/c26-20(9-8-19-21(27)23-18-7-2-1-6-17(18)22-19)25-10-4-3-5-16(25)15-24-11-13-28-14-12-24/h1-2,6-7,16H,3-5,8-15H2,(H,23,27)/t16-/m0/s1. The van der Waals surface area contributed by atoms with Crippen molar-refractivity contribution in [1.29, 1.82) is 0 Å². The Bertz CT molecular complexity index is 875. The number of hydrogen-bond donors (Lipinski definition) is 1. The van der Waals surface area contributed by atoms with Crippen LogP contribution in [0.1, 0.15) is 31.4 Å². The lowest BCUT2D eigenvalue weighted by atomic mass is 10.0. The van der Waals surface area contributed by atoms with Crippen molar-refractivity contribution < 1.29 is 9.53 Å². The van der Waals surface area contributed by atoms with Crippen molar-refractivity contribution in [3.63, 3.8) is 0 Å². The molecule has 0 radical (unpaired) electrons. The van der Waals surface area contributed by atoms with Gasteiger partial charge in [-0.05, 0) is 31.4 Å². The first-order valence-corrected chi connectivity index (χ1v) is 10.3. The summed E-state index contributed by atoms with van der Waals surface area (Å²) >= 11 is 0. The van der Waals surface area contributed by atoms with E-state index in [0.29, 0.717) is 18.5 Å². The van der Waals surface area contributed by atoms with Crippen LogP contribution in [0.25, 0.3) is 11.0 Å². The average molecular weight is 384 g/mol. The van der Waals surface area contributed by atoms with Crippen LogP contribution >= 0.6 is 0 Å². The normalized spacial score (nSPS) is 21.1. The highest BCUT2D eigenvalue weighted by atomic mass is 16.5. The van der Waals surface area contributed by atoms with Gasteiger partial charge in [0, 0.05) is 45.1 Å². The molecule has 1 atom stereocenters. The molecule has 1 N–H and O–H groups in total. The number of likely N-dealkylation sites (tertiary alicyclic amines) is 1. The number of fused-ring (bicyclic) bond motifs is 1. The number of rotatable bonds is 5. The maximum atomic E-state index is 12.9. The van der Waals surface area contributed by atoms with E-state index in [1.54, 1.807) is 0 Å². The van der Waals surface area contributed by atoms with Crippen LogP contribution in [-0.4, -0.2) is 71.1 Å². The molecule has 0 saturated carbocycles. The fourth-order valence-electron chi connectivity index (χ4n) is 4.21. The number of nitrogens with one attached hydrogen (secondary N) is 1. The molecule has 2 aromatic rings. The van der Waals surface area contributed by atoms with Crippen LogP contribution in [-0.2, 0) is 16.0 Å². The summed E-state index contributed by atoms with van der Waals surface area (Å²) in [5, 5.41) is 0. The Labute approximate surface area is 164 Å². The molecule has 28 heavy (non-hydrogen) atoms. The van der Waals surface area contributed by atoms with Crippen LogP contribution < -0.4 is 5.56 Å². The number of hydrogen-bond acceptors (Lipinski definition) is 5. The van der Waals surface area contributed by atoms with Crippen LogP contribution in [0.5, 0.6) is 0 Å². The summed E-state index contributed by atoms with van der Waals surface area (Å²) in [4.78, 5) is 37.0. The van der Waals surface area contributed by atoms with E-state index in [0.717, 1.165) is 63.3 Å². The molecule has 1 aromatic carbocycles. The topological polar surface area (TPSA) is 78.5 Å². The lowest BCUT2D eigenvalue weighted by molar-refractivity contribution is -0.135. The Morgan fingerprint density at radius 1 is 1.18 bits per heavy atom. The van der Waals surface area contributed by atoms with E-state index >= 15 is 0 Å². The van der Waals surface area contributed by atoms with Crippen LogP contribution in [0.4, 0.5) is 0 Å². The summed E-state index contributed by atoms with van der Waals surface area (Å²) in [6.07, 6.45) is 3.98. The van der Waals surface area contributed by atoms with Gasteiger partial charge in [-0.3, -0.25) is 14.5 Å². The van der Waals surface area contributed by atoms with E-state index < -0.39 is 0 Å². The largest absolute Gasteiger partial charge is 0.379 e. The maximum Gasteiger partial charge on any atom is 0.270 e. The molecule has 0 aliphatic carbocycles. The Hall–Kier alpha value is -2.25. The lowest BCUT2D eigenvalue weighted by Gasteiger charge is -2.39. The summed E-state index contributed by atoms with van der Waals surface area (Å²) in [6, 6.07) is 7.74. The molecule has 1 aromatic heterocycles. The summed E-state index contributed by atoms with van der Waals surface area (Å²) in [7, 11) is 0. The highest BCUT2D eigenvalue weighted by Crippen LogP contribution is 2.20. The zero-order valence-electron chi connectivity index (χ0n) is 16.2. The zero-order valence-corrected chi connectivity index (χ0v) is 16.2. The van der Waals surface area contributed by atoms with Crippen molar-refractivity contribution in [2.24, 2.45) is 0 Å². The zero-order chi connectivity index (χ0) is 19.3. The number of aromatic nitrogens is 2. The van der Waals surface area contributed by atoms with Gasteiger partial charge in [0.25, 0.3) is 5.56 Å². The molecule has 1 amide bonds. The van der Waals surface area contributed by atoms with Crippen LogP contribution in [0, 0.1) is 0 Å². The molecule has 2 fully saturated rings. The van der Waals surface area contributed by atoms with Gasteiger partial charge in [0.2, 0.25) is 5.91 Å². The number of nitrogens with zero attached hydrogens (tertiary/aromatic N) is 3. The quantitative estimate of drug-likeness (QED) is 0.847. The summed E-state index contributed by atoms with van der Waals surface area (Å²) in [6.45, 7) is 5.16. The summed E-state index contributed by atoms with van der Waals surface area (Å²) < 4.78 is 5.43. The van der Waals surface area contributed by atoms with E-state index in [1.165, 1.54) is 6.42 Å². The van der Waals surface area contributed by atoms with Gasteiger partial charge in [0.15, 0.2) is 0 Å². The van der Waals surface area contributed by atoms with Gasteiger partial charge in [-0.2, -0.15) is 0 Å². The molecule has 0 bridgehead atoms. The monoisotopic (exact) mass is 384 g/mol. The lowest BCUT2D eigenvalue weighted by Crippen LogP contribution is -2.51. The number of ether oxygens (including phenoxy) is 1. The second-order valence-electron chi connectivity index (χ2n) is 7.68. The van der Waals surface area contributed by atoms with Crippen LogP contribution in [0.15, 0.2) is 29.1 Å². The van der Waals surface area contributed by atoms with Crippen LogP contribution in [0.3, 0.4) is 0 Å². The molecule has 150 valence electrons. The van der Waals surface area contributed by atoms with Crippen molar-refractivity contribution in [1.82, 2.24) is 19.8 Å². The molecule has 0 spiro atoms. The van der Waals surface area contributed by atoms with Gasteiger partial charge >= 0.3 is 0 Å². The van der Waals surface area contributed by atoms with E-state index in [4.69, 9.17) is 4.74 Å². The summed E-state index contributed by atoms with van der Waals surface area (Å²) in [5.74, 6) is 0.132. The van der Waals surface area contributed by atoms with Gasteiger partial charge in [0.05, 0.1) is 24.2 Å². The van der Waals surface area contributed by atoms with E-state index in [1.807, 2.05) is 29.2 Å². The van der Waals surface area contributed by atoms with Crippen molar-refractivity contribution in [3.8, 4) is 0 Å². The predicted molar refractivity (Wildman–Crippen MR) is 107 cm³/mol. The van der Waals surface area contributed by atoms with Gasteiger partial charge < -0.3 is 14.6 Å². The number of carbonyl (C=O) groups is 1. The smallest absolute Gasteiger partial charge is 0.270 e. The average Bonchev–Trinajstić information content (AvgIpc) is 2.73. The highest BCUT2D eigenvalue weighted by Gasteiger charge is 2.28. The third kappa shape index (κ3) is 4.42. The first-order chi connectivity index (χ1) is 13.7. The Morgan fingerprint density at radius 3 is 2.86 bits per heavy atom. The number of amides is 1. The Morgan fingerprint density at radius 2 is 2.00 bits per heavy atom. The number of carbonyl (C=O) groups excluding carboxylic acids is 1. The number of H-pyrrole nitrogens is 1. The first kappa shape index (κ1) is 19.1. The molecule has 3 heterocycles. The second-order valence-corrected chi connectivity index (χ2v) is 7.68. The number of benzene rings is 1. The predicted octanol–water partition coefficient (Wildman–Crippen LogP) is 1.57. The Kier molecular flexibility index (Phi) is 6.02. The number of morpholine rings is 1. The fourth-order valence-corrected chi connectivity index (χ4v) is 4.21. The molecular formula is C21H28N4O3. The van der Waals surface area contributed by atoms with Gasteiger partial charge in [-0.25, -0.2) is 4.98 Å². The SMILES string of the molecule is O=C(CCc1nc2ccccc2[nH]c1=O)N1CCCC[C@H]1CN1CCOCC1. The van der Waals surface area contributed by atoms with Crippen molar-refractivity contribution in [3.05, 3.63) is 40.3 Å². The molecule has 2 saturated heterocycles. The number of aryl methyl sites for hydroxylation is 1. The minimum absolute atomic E-state index is 0.132. The van der Waals surface area contributed by atoms with Gasteiger partial charge in [-0.15, -0.1) is 0 Å². The number of para-hydroxylation sites is 2. The molecule has 0 unspecified atom stereocenters. The molecule has 2 aliphatic rings. The van der Waals surface area contributed by atoms with Crippen molar-refractivity contribution >= 4 is 16.9 Å². The van der Waals surface area contributed by atoms with E-state index in [2.05, 4.69) is 14.9 Å². The molecule has 7 nitrogen and oxygen atoms in total. The van der Waals surface area contributed by atoms with Crippen molar-refractivity contribution in [2.75, 3.05) is 39.4 Å². The summed E-state index contributed by atoms with van der Waals surface area (Å²) in [5.41, 5.74) is 1.72. The third-order valence-corrected chi connectivity index (χ3v) is 5.77. The van der Waals surface area contributed by atoms with Crippen LogP contribution in [0.2, 0.25) is 0 Å². The third-order valence-electron chi connectivity index (χ3n) is 5.77. The molecule has 7 heteroatoms. The second kappa shape index (κ2) is 8.84. The van der Waals surface area contributed by atoms with E-state index in [9.17, 15) is 9.59 Å². The van der Waals surface area contributed by atoms with Gasteiger partial charge in [0.1, 0.15) is 5.69 Å². The molecular weight excluding hydrogens is 356 g/mol. The van der Waals surface area contributed by atoms with E-state index in [-0.39, 0.29) is 17.5 Å². The van der Waals surface area contributed by atoms with Crippen molar-refractivity contribution in [2.45, 2.75) is 38.1 Å². The highest BCUT2D eigenvalue weighted by molar-refractivity contribution is 5.77. The number of piperidine rings is 1. The van der Waals surface area contributed by atoms with Gasteiger partial charge in [-0.1, -0.05) is 12.1 Å². The fraction of sp³-hybridized carbons (Fsp3) is 0.571. The molecule has 2 aliphatic heterocycles. The maximum absolute atomic E-state index is 12.9.